The van der Waals surface area contributed by atoms with E-state index in [-0.39, 0.29) is 30.2 Å². The van der Waals surface area contributed by atoms with Gasteiger partial charge in [-0.1, -0.05) is 23.7 Å². The number of carbonyl (C=O) groups is 2. The summed E-state index contributed by atoms with van der Waals surface area (Å²) in [4.78, 5) is 28.7. The second-order valence-corrected chi connectivity index (χ2v) is 11.4. The number of hydrogen-bond donors (Lipinski definition) is 4. The van der Waals surface area contributed by atoms with Gasteiger partial charge in [-0.25, -0.2) is 14.6 Å². The smallest absolute Gasteiger partial charge is 0.416 e. The topological polar surface area (TPSA) is 120 Å². The van der Waals surface area contributed by atoms with Gasteiger partial charge >= 0.3 is 18.1 Å². The van der Waals surface area contributed by atoms with Crippen molar-refractivity contribution in [2.45, 2.75) is 33.1 Å². The number of carboxylic acids is 2. The van der Waals surface area contributed by atoms with E-state index >= 15 is 0 Å². The molecule has 0 aliphatic heterocycles. The number of carboxylic acid groups (broad SMARTS) is 2. The van der Waals surface area contributed by atoms with Gasteiger partial charge in [-0.2, -0.15) is 13.2 Å². The van der Waals surface area contributed by atoms with E-state index in [1.165, 1.54) is 21.1 Å². The van der Waals surface area contributed by atoms with E-state index in [0.29, 0.717) is 38.6 Å². The lowest BCUT2D eigenvalue weighted by Gasteiger charge is -2.16. The zero-order chi connectivity index (χ0) is 33.6. The number of imidazole rings is 1. The Balaban J connectivity index is 1.32. The molecule has 4 N–H and O–H groups in total. The van der Waals surface area contributed by atoms with Gasteiger partial charge in [0.25, 0.3) is 0 Å². The molecule has 0 saturated carbocycles. The molecule has 0 amide bonds. The first-order chi connectivity index (χ1) is 22.3. The maximum absolute atomic E-state index is 13.3. The summed E-state index contributed by atoms with van der Waals surface area (Å²) < 4.78 is 42.9. The molecular weight excluding hydrogens is 635 g/mol. The number of pyridine rings is 2. The number of alkyl halides is 3. The van der Waals surface area contributed by atoms with Crippen molar-refractivity contribution >= 4 is 46.1 Å². The van der Waals surface area contributed by atoms with Crippen molar-refractivity contribution in [3.05, 3.63) is 123 Å². The van der Waals surface area contributed by atoms with Crippen LogP contribution in [0.15, 0.2) is 79.3 Å². The van der Waals surface area contributed by atoms with Gasteiger partial charge in [-0.05, 0) is 90.2 Å². The summed E-state index contributed by atoms with van der Waals surface area (Å²) in [6, 6.07) is 15.5. The number of nitrogens with zero attached hydrogens (tertiary/aromatic N) is 3. The standard InChI is InChI=1S/C34H27ClF3N5O4/c1-18-3-4-22(34(36,37)38)13-20(18)15-40-27-8-5-23-14-21(17-43(23)31(27)33(46)47)24-6-7-26(35)25(19(24)2)16-41-28-9-10-29-39-11-12-42(29)30(28)32(44)45/h3-14,17,40-41H,15-16H2,1-2H3,(H,44,45)(H,46,47). The molecule has 13 heteroatoms. The molecule has 47 heavy (non-hydrogen) atoms. The number of nitrogens with one attached hydrogen (secondary N) is 2. The van der Waals surface area contributed by atoms with E-state index in [0.717, 1.165) is 28.8 Å². The Morgan fingerprint density at radius 3 is 2.26 bits per heavy atom. The van der Waals surface area contributed by atoms with E-state index in [2.05, 4.69) is 15.6 Å². The summed E-state index contributed by atoms with van der Waals surface area (Å²) in [5.41, 5.74) is 4.91. The lowest BCUT2D eigenvalue weighted by Crippen LogP contribution is -2.12. The number of rotatable bonds is 9. The molecule has 4 aromatic heterocycles. The summed E-state index contributed by atoms with van der Waals surface area (Å²) in [7, 11) is 0. The average Bonchev–Trinajstić information content (AvgIpc) is 3.66. The first-order valence-corrected chi connectivity index (χ1v) is 14.7. The van der Waals surface area contributed by atoms with Crippen LogP contribution in [0.4, 0.5) is 24.5 Å². The van der Waals surface area contributed by atoms with E-state index in [1.54, 1.807) is 49.6 Å². The molecule has 0 radical (unpaired) electrons. The Labute approximate surface area is 270 Å². The van der Waals surface area contributed by atoms with Crippen molar-refractivity contribution in [1.82, 2.24) is 13.8 Å². The summed E-state index contributed by atoms with van der Waals surface area (Å²) >= 11 is 6.61. The normalized spacial score (nSPS) is 11.7. The summed E-state index contributed by atoms with van der Waals surface area (Å²) in [5.74, 6) is -2.34. The number of aryl methyl sites for hydroxylation is 1. The minimum Gasteiger partial charge on any atom is -0.476 e. The summed E-state index contributed by atoms with van der Waals surface area (Å²) in [5, 5.41) is 26.7. The lowest BCUT2D eigenvalue weighted by atomic mass is 9.98. The fourth-order valence-electron chi connectivity index (χ4n) is 5.71. The zero-order valence-corrected chi connectivity index (χ0v) is 25.7. The molecule has 0 atom stereocenters. The molecule has 6 aromatic rings. The van der Waals surface area contributed by atoms with E-state index in [4.69, 9.17) is 11.6 Å². The molecule has 0 spiro atoms. The number of benzene rings is 2. The molecule has 0 aliphatic carbocycles. The first-order valence-electron chi connectivity index (χ1n) is 14.3. The minimum atomic E-state index is -4.50. The van der Waals surface area contributed by atoms with Crippen LogP contribution in [-0.4, -0.2) is 35.9 Å². The Morgan fingerprint density at radius 1 is 0.872 bits per heavy atom. The van der Waals surface area contributed by atoms with Crippen molar-refractivity contribution < 1.29 is 33.0 Å². The molecule has 9 nitrogen and oxygen atoms in total. The number of anilines is 2. The van der Waals surface area contributed by atoms with Gasteiger partial charge < -0.3 is 25.2 Å². The lowest BCUT2D eigenvalue weighted by molar-refractivity contribution is -0.137. The number of aromatic nitrogens is 3. The van der Waals surface area contributed by atoms with Crippen molar-refractivity contribution in [2.75, 3.05) is 10.6 Å². The molecule has 0 saturated heterocycles. The van der Waals surface area contributed by atoms with Crippen molar-refractivity contribution in [3.8, 4) is 11.1 Å². The molecular formula is C34H27ClF3N5O4. The van der Waals surface area contributed by atoms with Crippen molar-refractivity contribution in [2.24, 2.45) is 0 Å². The second-order valence-electron chi connectivity index (χ2n) is 11.0. The predicted octanol–water partition coefficient (Wildman–Crippen LogP) is 8.16. The third kappa shape index (κ3) is 5.95. The van der Waals surface area contributed by atoms with E-state index in [1.807, 2.05) is 19.1 Å². The second kappa shape index (κ2) is 12.0. The summed E-state index contributed by atoms with van der Waals surface area (Å²) in [6.45, 7) is 3.76. The molecule has 0 fully saturated rings. The maximum Gasteiger partial charge on any atom is 0.416 e. The van der Waals surface area contributed by atoms with Crippen LogP contribution in [0.1, 0.15) is 48.8 Å². The van der Waals surface area contributed by atoms with Gasteiger partial charge in [-0.15, -0.1) is 0 Å². The Bertz CT molecular complexity index is 2210. The fraction of sp³-hybridized carbons (Fsp3) is 0.147. The molecule has 0 bridgehead atoms. The van der Waals surface area contributed by atoms with Crippen LogP contribution in [0.25, 0.3) is 22.3 Å². The Morgan fingerprint density at radius 2 is 1.55 bits per heavy atom. The molecule has 240 valence electrons. The van der Waals surface area contributed by atoms with Crippen LogP contribution < -0.4 is 10.6 Å². The van der Waals surface area contributed by atoms with Crippen LogP contribution >= 0.6 is 11.6 Å². The van der Waals surface area contributed by atoms with Crippen LogP contribution in [0.5, 0.6) is 0 Å². The molecule has 0 unspecified atom stereocenters. The van der Waals surface area contributed by atoms with Crippen molar-refractivity contribution in [1.29, 1.82) is 0 Å². The zero-order valence-electron chi connectivity index (χ0n) is 25.0. The molecule has 2 aromatic carbocycles. The number of halogens is 4. The van der Waals surface area contributed by atoms with Gasteiger partial charge in [0, 0.05) is 47.8 Å². The first kappa shape index (κ1) is 31.5. The van der Waals surface area contributed by atoms with Crippen LogP contribution in [0.3, 0.4) is 0 Å². The molecule has 0 aliphatic rings. The van der Waals surface area contributed by atoms with Crippen molar-refractivity contribution in [3.63, 3.8) is 0 Å². The largest absolute Gasteiger partial charge is 0.476 e. The van der Waals surface area contributed by atoms with Crippen LogP contribution in [0.2, 0.25) is 5.02 Å². The van der Waals surface area contributed by atoms with Crippen LogP contribution in [-0.2, 0) is 19.3 Å². The average molecular weight is 662 g/mol. The minimum absolute atomic E-state index is 0.0142. The van der Waals surface area contributed by atoms with E-state index in [9.17, 15) is 33.0 Å². The third-order valence-corrected chi connectivity index (χ3v) is 8.54. The fourth-order valence-corrected chi connectivity index (χ4v) is 5.98. The van der Waals surface area contributed by atoms with Crippen LogP contribution in [0, 0.1) is 13.8 Å². The predicted molar refractivity (Wildman–Crippen MR) is 173 cm³/mol. The monoisotopic (exact) mass is 661 g/mol. The third-order valence-electron chi connectivity index (χ3n) is 8.19. The highest BCUT2D eigenvalue weighted by atomic mass is 35.5. The molecule has 4 heterocycles. The van der Waals surface area contributed by atoms with E-state index < -0.39 is 23.7 Å². The van der Waals surface area contributed by atoms with Gasteiger partial charge in [-0.3, -0.25) is 4.40 Å². The highest BCUT2D eigenvalue weighted by Gasteiger charge is 2.30. The van der Waals surface area contributed by atoms with Gasteiger partial charge in [0.2, 0.25) is 0 Å². The summed E-state index contributed by atoms with van der Waals surface area (Å²) in [6.07, 6.45) is 0.271. The molecule has 6 rings (SSSR count). The highest BCUT2D eigenvalue weighted by Crippen LogP contribution is 2.35. The maximum atomic E-state index is 13.3. The highest BCUT2D eigenvalue weighted by molar-refractivity contribution is 6.31. The van der Waals surface area contributed by atoms with Gasteiger partial charge in [0.1, 0.15) is 5.65 Å². The number of hydrogen-bond acceptors (Lipinski definition) is 5. The Hall–Kier alpha value is -5.49. The quantitative estimate of drug-likeness (QED) is 0.123. The van der Waals surface area contributed by atoms with Gasteiger partial charge in [0.15, 0.2) is 11.4 Å². The number of aromatic carboxylic acids is 2. The van der Waals surface area contributed by atoms with Gasteiger partial charge in [0.05, 0.1) is 16.9 Å². The Kier molecular flexibility index (Phi) is 8.06. The number of fused-ring (bicyclic) bond motifs is 2. The SMILES string of the molecule is Cc1ccc(C(F)(F)F)cc1CNc1ccc2cc(-c3ccc(Cl)c(CNc4ccc5nccn5c4C(=O)O)c3C)cn2c1C(=O)O.